The van der Waals surface area contributed by atoms with Gasteiger partial charge < -0.3 is 10.7 Å². The van der Waals surface area contributed by atoms with E-state index in [9.17, 15) is 13.2 Å². The van der Waals surface area contributed by atoms with Crippen LogP contribution in [0.1, 0.15) is 11.1 Å². The molecule has 0 saturated carbocycles. The van der Waals surface area contributed by atoms with Crippen molar-refractivity contribution < 1.29 is 13.2 Å². The number of nitrogens with one attached hydrogen (secondary N) is 1. The van der Waals surface area contributed by atoms with E-state index in [1.54, 1.807) is 6.07 Å². The topological polar surface area (TPSA) is 54.7 Å². The minimum absolute atomic E-state index is 0.324. The van der Waals surface area contributed by atoms with Crippen molar-refractivity contribution in [3.05, 3.63) is 53.6 Å². The fraction of sp³-hybridized carbons (Fsp3) is 0.133. The van der Waals surface area contributed by atoms with E-state index in [1.165, 1.54) is 6.07 Å². The number of nitrogens with zero attached hydrogens (tertiary/aromatic N) is 1. The first kappa shape index (κ1) is 13.6. The Bertz CT molecular complexity index is 790. The van der Waals surface area contributed by atoms with Gasteiger partial charge >= 0.3 is 6.18 Å². The van der Waals surface area contributed by atoms with Crippen LogP contribution < -0.4 is 5.73 Å². The average Bonchev–Trinajstić information content (AvgIpc) is 2.90. The summed E-state index contributed by atoms with van der Waals surface area (Å²) < 4.78 is 38.3. The molecule has 108 valence electrons. The molecular formula is C15H12F3N3. The van der Waals surface area contributed by atoms with Crippen LogP contribution in [0.25, 0.3) is 22.4 Å². The molecule has 3 aromatic rings. The maximum atomic E-state index is 12.8. The molecule has 0 spiro atoms. The number of fused-ring (bicyclic) bond motifs is 1. The number of para-hydroxylation sites is 1. The highest BCUT2D eigenvalue weighted by molar-refractivity contribution is 5.82. The van der Waals surface area contributed by atoms with Crippen LogP contribution in [0.5, 0.6) is 0 Å². The van der Waals surface area contributed by atoms with Gasteiger partial charge in [-0.1, -0.05) is 24.3 Å². The van der Waals surface area contributed by atoms with E-state index in [2.05, 4.69) is 9.97 Å². The Kier molecular flexibility index (Phi) is 3.17. The van der Waals surface area contributed by atoms with Gasteiger partial charge in [0.15, 0.2) is 0 Å². The van der Waals surface area contributed by atoms with Crippen LogP contribution in [0.4, 0.5) is 13.2 Å². The average molecular weight is 291 g/mol. The van der Waals surface area contributed by atoms with E-state index in [0.717, 1.165) is 23.2 Å². The largest absolute Gasteiger partial charge is 0.416 e. The summed E-state index contributed by atoms with van der Waals surface area (Å²) in [6.07, 6.45) is -4.37. The van der Waals surface area contributed by atoms with Crippen LogP contribution >= 0.6 is 0 Å². The summed E-state index contributed by atoms with van der Waals surface area (Å²) in [5, 5.41) is 0. The third-order valence-corrected chi connectivity index (χ3v) is 3.28. The minimum Gasteiger partial charge on any atom is -0.338 e. The Hall–Kier alpha value is -2.34. The van der Waals surface area contributed by atoms with E-state index in [0.29, 0.717) is 23.4 Å². The summed E-state index contributed by atoms with van der Waals surface area (Å²) in [4.78, 5) is 7.41. The van der Waals surface area contributed by atoms with Crippen molar-refractivity contribution in [3.8, 4) is 11.4 Å². The minimum atomic E-state index is -4.37. The van der Waals surface area contributed by atoms with Gasteiger partial charge in [0.25, 0.3) is 0 Å². The van der Waals surface area contributed by atoms with Crippen molar-refractivity contribution >= 4 is 11.0 Å². The van der Waals surface area contributed by atoms with E-state index in [-0.39, 0.29) is 0 Å². The number of imidazole rings is 1. The zero-order valence-electron chi connectivity index (χ0n) is 10.9. The lowest BCUT2D eigenvalue weighted by molar-refractivity contribution is -0.137. The molecule has 0 atom stereocenters. The number of aromatic amines is 1. The van der Waals surface area contributed by atoms with Crippen molar-refractivity contribution in [2.45, 2.75) is 12.7 Å². The zero-order valence-corrected chi connectivity index (χ0v) is 10.9. The Morgan fingerprint density at radius 1 is 1.10 bits per heavy atom. The number of halogens is 3. The van der Waals surface area contributed by atoms with E-state index in [4.69, 9.17) is 5.73 Å². The quantitative estimate of drug-likeness (QED) is 0.756. The van der Waals surface area contributed by atoms with Gasteiger partial charge in [-0.15, -0.1) is 0 Å². The van der Waals surface area contributed by atoms with E-state index in [1.807, 2.05) is 18.2 Å². The molecule has 0 aliphatic rings. The van der Waals surface area contributed by atoms with Crippen LogP contribution in [0.15, 0.2) is 42.5 Å². The molecule has 0 aliphatic heterocycles. The molecule has 2 aromatic carbocycles. The van der Waals surface area contributed by atoms with E-state index < -0.39 is 11.7 Å². The molecule has 0 saturated heterocycles. The highest BCUT2D eigenvalue weighted by Crippen LogP contribution is 2.32. The number of hydrogen-bond acceptors (Lipinski definition) is 2. The Morgan fingerprint density at radius 2 is 1.86 bits per heavy atom. The van der Waals surface area contributed by atoms with Gasteiger partial charge in [-0.3, -0.25) is 0 Å². The predicted octanol–water partition coefficient (Wildman–Crippen LogP) is 3.71. The van der Waals surface area contributed by atoms with Crippen molar-refractivity contribution in [2.24, 2.45) is 5.73 Å². The molecule has 0 radical (unpaired) electrons. The summed E-state index contributed by atoms with van der Waals surface area (Å²) in [6, 6.07) is 10.6. The Labute approximate surface area is 118 Å². The predicted molar refractivity (Wildman–Crippen MR) is 74.4 cm³/mol. The second-order valence-corrected chi connectivity index (χ2v) is 4.68. The summed E-state index contributed by atoms with van der Waals surface area (Å²) >= 11 is 0. The Balaban J connectivity index is 2.13. The summed E-state index contributed by atoms with van der Waals surface area (Å²) in [7, 11) is 0. The normalized spacial score (nSPS) is 12.0. The fourth-order valence-corrected chi connectivity index (χ4v) is 2.24. The lowest BCUT2D eigenvalue weighted by atomic mass is 10.1. The zero-order chi connectivity index (χ0) is 15.0. The first-order chi connectivity index (χ1) is 9.99. The highest BCUT2D eigenvalue weighted by Gasteiger charge is 2.30. The molecule has 0 amide bonds. The van der Waals surface area contributed by atoms with Gasteiger partial charge in [-0.05, 0) is 23.8 Å². The van der Waals surface area contributed by atoms with Crippen molar-refractivity contribution in [1.29, 1.82) is 0 Å². The van der Waals surface area contributed by atoms with Gasteiger partial charge in [-0.25, -0.2) is 4.98 Å². The van der Waals surface area contributed by atoms with E-state index >= 15 is 0 Å². The van der Waals surface area contributed by atoms with Gasteiger partial charge in [0.1, 0.15) is 5.82 Å². The monoisotopic (exact) mass is 291 g/mol. The molecule has 1 aromatic heterocycles. The van der Waals surface area contributed by atoms with Gasteiger partial charge in [0, 0.05) is 12.1 Å². The fourth-order valence-electron chi connectivity index (χ4n) is 2.24. The molecular weight excluding hydrogens is 279 g/mol. The van der Waals surface area contributed by atoms with Gasteiger partial charge in [-0.2, -0.15) is 13.2 Å². The lowest BCUT2D eigenvalue weighted by Crippen LogP contribution is -2.04. The molecule has 6 heteroatoms. The second-order valence-electron chi connectivity index (χ2n) is 4.68. The first-order valence-corrected chi connectivity index (χ1v) is 6.34. The number of hydrogen-bond donors (Lipinski definition) is 2. The van der Waals surface area contributed by atoms with Crippen LogP contribution in [0.2, 0.25) is 0 Å². The maximum Gasteiger partial charge on any atom is 0.416 e. The third kappa shape index (κ3) is 2.50. The maximum absolute atomic E-state index is 12.8. The molecule has 3 nitrogen and oxygen atoms in total. The number of aromatic nitrogens is 2. The van der Waals surface area contributed by atoms with Crippen LogP contribution in [0, 0.1) is 0 Å². The molecule has 21 heavy (non-hydrogen) atoms. The highest BCUT2D eigenvalue weighted by atomic mass is 19.4. The number of alkyl halides is 3. The first-order valence-electron chi connectivity index (χ1n) is 6.34. The summed E-state index contributed by atoms with van der Waals surface area (Å²) in [5.41, 5.74) is 7.63. The van der Waals surface area contributed by atoms with Crippen molar-refractivity contribution in [1.82, 2.24) is 9.97 Å². The van der Waals surface area contributed by atoms with Gasteiger partial charge in [0.2, 0.25) is 0 Å². The number of nitrogens with two attached hydrogens (primary N) is 1. The van der Waals surface area contributed by atoms with Crippen LogP contribution in [-0.4, -0.2) is 9.97 Å². The SMILES string of the molecule is NCc1cccc2[nH]c(-c3cccc(C(F)(F)F)c3)nc12. The van der Waals surface area contributed by atoms with Crippen molar-refractivity contribution in [3.63, 3.8) is 0 Å². The summed E-state index contributed by atoms with van der Waals surface area (Å²) in [5.74, 6) is 0.400. The number of benzene rings is 2. The Morgan fingerprint density at radius 3 is 2.57 bits per heavy atom. The second kappa shape index (κ2) is 4.89. The molecule has 0 fully saturated rings. The van der Waals surface area contributed by atoms with Crippen molar-refractivity contribution in [2.75, 3.05) is 0 Å². The standard InChI is InChI=1S/C15H12F3N3/c16-15(17,18)11-5-1-3-9(7-11)14-20-12-6-2-4-10(8-19)13(12)21-14/h1-7H,8,19H2,(H,20,21). The molecule has 0 aliphatic carbocycles. The third-order valence-electron chi connectivity index (χ3n) is 3.28. The molecule has 1 heterocycles. The molecule has 0 bridgehead atoms. The van der Waals surface area contributed by atoms with Crippen LogP contribution in [0.3, 0.4) is 0 Å². The molecule has 0 unspecified atom stereocenters. The smallest absolute Gasteiger partial charge is 0.338 e. The number of H-pyrrole nitrogens is 1. The molecule has 3 N–H and O–H groups in total. The molecule has 3 rings (SSSR count). The summed E-state index contributed by atoms with van der Waals surface area (Å²) in [6.45, 7) is 0.324. The van der Waals surface area contributed by atoms with Gasteiger partial charge in [0.05, 0.1) is 16.6 Å². The van der Waals surface area contributed by atoms with Crippen LogP contribution in [-0.2, 0) is 12.7 Å². The lowest BCUT2D eigenvalue weighted by Gasteiger charge is -2.07. The number of rotatable bonds is 2.